The number of rotatable bonds is 6. The van der Waals surface area contributed by atoms with Gasteiger partial charge < -0.3 is 10.1 Å². The van der Waals surface area contributed by atoms with Crippen LogP contribution in [0.15, 0.2) is 24.3 Å². The highest BCUT2D eigenvalue weighted by Gasteiger charge is 2.07. The minimum atomic E-state index is -0.212. The van der Waals surface area contributed by atoms with Crippen LogP contribution in [-0.2, 0) is 9.59 Å². The second-order valence-corrected chi connectivity index (χ2v) is 4.24. The zero-order valence-corrected chi connectivity index (χ0v) is 11.1. The number of hydrazine groups is 1. The van der Waals surface area contributed by atoms with E-state index in [4.69, 9.17) is 10.6 Å². The van der Waals surface area contributed by atoms with E-state index in [1.54, 1.807) is 24.3 Å². The lowest BCUT2D eigenvalue weighted by Gasteiger charge is -2.14. The average molecular weight is 265 g/mol. The number of hydrogen-bond donors (Lipinski definition) is 3. The molecule has 0 heterocycles. The van der Waals surface area contributed by atoms with Crippen molar-refractivity contribution in [3.63, 3.8) is 0 Å². The molecule has 0 aliphatic rings. The number of hydrogen-bond acceptors (Lipinski definition) is 4. The molecule has 0 saturated carbocycles. The Labute approximate surface area is 112 Å². The molecule has 1 atom stereocenters. The summed E-state index contributed by atoms with van der Waals surface area (Å²) in [7, 11) is 0. The SMILES string of the molecule is CC(=O)Nc1ccc(OC(C)CCC(=O)NN)cc1. The zero-order chi connectivity index (χ0) is 14.3. The fourth-order valence-corrected chi connectivity index (χ4v) is 1.52. The summed E-state index contributed by atoms with van der Waals surface area (Å²) in [6, 6.07) is 7.06. The first-order chi connectivity index (χ1) is 9.01. The van der Waals surface area contributed by atoms with Crippen LogP contribution in [0.2, 0.25) is 0 Å². The smallest absolute Gasteiger partial charge is 0.234 e. The van der Waals surface area contributed by atoms with E-state index in [1.165, 1.54) is 6.92 Å². The Bertz CT molecular complexity index is 431. The Morgan fingerprint density at radius 1 is 1.32 bits per heavy atom. The molecule has 6 heteroatoms. The van der Waals surface area contributed by atoms with Gasteiger partial charge in [0, 0.05) is 19.0 Å². The topological polar surface area (TPSA) is 93.4 Å². The van der Waals surface area contributed by atoms with Crippen LogP contribution >= 0.6 is 0 Å². The number of benzene rings is 1. The number of anilines is 1. The van der Waals surface area contributed by atoms with E-state index in [0.29, 0.717) is 18.6 Å². The fourth-order valence-electron chi connectivity index (χ4n) is 1.52. The summed E-state index contributed by atoms with van der Waals surface area (Å²) < 4.78 is 5.64. The molecule has 2 amide bonds. The number of carbonyl (C=O) groups is 2. The quantitative estimate of drug-likeness (QED) is 0.409. The van der Waals surface area contributed by atoms with Crippen molar-refractivity contribution in [2.45, 2.75) is 32.8 Å². The Kier molecular flexibility index (Phi) is 5.81. The number of nitrogens with two attached hydrogens (primary N) is 1. The molecule has 1 rings (SSSR count). The van der Waals surface area contributed by atoms with Gasteiger partial charge in [-0.05, 0) is 37.6 Å². The fraction of sp³-hybridized carbons (Fsp3) is 0.385. The molecule has 104 valence electrons. The standard InChI is InChI=1S/C13H19N3O3/c1-9(3-8-13(18)16-14)19-12-6-4-11(5-7-12)15-10(2)17/h4-7,9H,3,8,14H2,1-2H3,(H,15,17)(H,16,18). The second-order valence-electron chi connectivity index (χ2n) is 4.24. The van der Waals surface area contributed by atoms with Crippen LogP contribution in [0.5, 0.6) is 5.75 Å². The monoisotopic (exact) mass is 265 g/mol. The summed E-state index contributed by atoms with van der Waals surface area (Å²) >= 11 is 0. The molecule has 0 aliphatic carbocycles. The van der Waals surface area contributed by atoms with Crippen LogP contribution in [-0.4, -0.2) is 17.9 Å². The third-order valence-corrected chi connectivity index (χ3v) is 2.45. The summed E-state index contributed by atoms with van der Waals surface area (Å²) in [5.74, 6) is 5.35. The summed E-state index contributed by atoms with van der Waals surface area (Å²) in [6.07, 6.45) is 0.807. The largest absolute Gasteiger partial charge is 0.491 e. The van der Waals surface area contributed by atoms with Gasteiger partial charge in [0.05, 0.1) is 6.10 Å². The molecule has 1 aromatic carbocycles. The highest BCUT2D eigenvalue weighted by molar-refractivity contribution is 5.88. The van der Waals surface area contributed by atoms with E-state index in [9.17, 15) is 9.59 Å². The molecule has 0 saturated heterocycles. The van der Waals surface area contributed by atoms with Crippen molar-refractivity contribution >= 4 is 17.5 Å². The first-order valence-corrected chi connectivity index (χ1v) is 6.05. The molecular weight excluding hydrogens is 246 g/mol. The lowest BCUT2D eigenvalue weighted by molar-refractivity contribution is -0.121. The first-order valence-electron chi connectivity index (χ1n) is 6.05. The third-order valence-electron chi connectivity index (χ3n) is 2.45. The van der Waals surface area contributed by atoms with Gasteiger partial charge in [-0.1, -0.05) is 0 Å². The molecule has 4 N–H and O–H groups in total. The van der Waals surface area contributed by atoms with Gasteiger partial charge >= 0.3 is 0 Å². The number of carbonyl (C=O) groups excluding carboxylic acids is 2. The highest BCUT2D eigenvalue weighted by Crippen LogP contribution is 2.18. The minimum absolute atomic E-state index is 0.0936. The Morgan fingerprint density at radius 3 is 2.47 bits per heavy atom. The molecule has 1 unspecified atom stereocenters. The zero-order valence-electron chi connectivity index (χ0n) is 11.1. The van der Waals surface area contributed by atoms with Crippen molar-refractivity contribution < 1.29 is 14.3 Å². The summed E-state index contributed by atoms with van der Waals surface area (Å²) in [4.78, 5) is 21.8. The van der Waals surface area contributed by atoms with Gasteiger partial charge in [0.25, 0.3) is 0 Å². The molecule has 19 heavy (non-hydrogen) atoms. The maximum absolute atomic E-state index is 11.0. The normalized spacial score (nSPS) is 11.5. The van der Waals surface area contributed by atoms with Crippen LogP contribution in [0.1, 0.15) is 26.7 Å². The third kappa shape index (κ3) is 5.87. The lowest BCUT2D eigenvalue weighted by Crippen LogP contribution is -2.30. The van der Waals surface area contributed by atoms with E-state index in [-0.39, 0.29) is 17.9 Å². The van der Waals surface area contributed by atoms with Crippen molar-refractivity contribution in [1.82, 2.24) is 5.43 Å². The second kappa shape index (κ2) is 7.38. The van der Waals surface area contributed by atoms with E-state index in [1.807, 2.05) is 6.92 Å². The van der Waals surface area contributed by atoms with Crippen LogP contribution in [0.3, 0.4) is 0 Å². The molecule has 0 spiro atoms. The van der Waals surface area contributed by atoms with Crippen LogP contribution in [0.25, 0.3) is 0 Å². The van der Waals surface area contributed by atoms with E-state index < -0.39 is 0 Å². The minimum Gasteiger partial charge on any atom is -0.491 e. The predicted molar refractivity (Wildman–Crippen MR) is 72.4 cm³/mol. The van der Waals surface area contributed by atoms with Gasteiger partial charge in [0.2, 0.25) is 11.8 Å². The maximum atomic E-state index is 11.0. The predicted octanol–water partition coefficient (Wildman–Crippen LogP) is 1.18. The molecular formula is C13H19N3O3. The van der Waals surface area contributed by atoms with Gasteiger partial charge in [-0.25, -0.2) is 5.84 Å². The van der Waals surface area contributed by atoms with Crippen molar-refractivity contribution in [2.24, 2.45) is 5.84 Å². The van der Waals surface area contributed by atoms with Gasteiger partial charge in [-0.2, -0.15) is 0 Å². The van der Waals surface area contributed by atoms with Crippen molar-refractivity contribution in [3.8, 4) is 5.75 Å². The maximum Gasteiger partial charge on any atom is 0.234 e. The number of ether oxygens (including phenoxy) is 1. The van der Waals surface area contributed by atoms with Crippen LogP contribution in [0.4, 0.5) is 5.69 Å². The molecule has 0 aliphatic heterocycles. The summed E-state index contributed by atoms with van der Waals surface area (Å²) in [6.45, 7) is 3.33. The van der Waals surface area contributed by atoms with Crippen LogP contribution in [0, 0.1) is 0 Å². The van der Waals surface area contributed by atoms with Gasteiger partial charge in [-0.3, -0.25) is 15.0 Å². The molecule has 0 radical (unpaired) electrons. The number of amides is 2. The molecule has 6 nitrogen and oxygen atoms in total. The summed E-state index contributed by atoms with van der Waals surface area (Å²) in [5, 5.41) is 2.67. The average Bonchev–Trinajstić information content (AvgIpc) is 2.37. The molecule has 1 aromatic rings. The van der Waals surface area contributed by atoms with Gasteiger partial charge in [-0.15, -0.1) is 0 Å². The van der Waals surface area contributed by atoms with Crippen LogP contribution < -0.4 is 21.3 Å². The van der Waals surface area contributed by atoms with Gasteiger partial charge in [0.1, 0.15) is 5.75 Å². The molecule has 0 bridgehead atoms. The summed E-state index contributed by atoms with van der Waals surface area (Å²) in [5.41, 5.74) is 2.79. The van der Waals surface area contributed by atoms with Crippen molar-refractivity contribution in [3.05, 3.63) is 24.3 Å². The Morgan fingerprint density at radius 2 is 1.95 bits per heavy atom. The Balaban J connectivity index is 2.44. The highest BCUT2D eigenvalue weighted by atomic mass is 16.5. The van der Waals surface area contributed by atoms with E-state index >= 15 is 0 Å². The first kappa shape index (κ1) is 15.0. The van der Waals surface area contributed by atoms with Crippen molar-refractivity contribution in [2.75, 3.05) is 5.32 Å². The molecule has 0 aromatic heterocycles. The van der Waals surface area contributed by atoms with E-state index in [2.05, 4.69) is 10.7 Å². The van der Waals surface area contributed by atoms with E-state index in [0.717, 1.165) is 5.69 Å². The lowest BCUT2D eigenvalue weighted by atomic mass is 10.2. The Hall–Kier alpha value is -2.08. The number of nitrogens with one attached hydrogen (secondary N) is 2. The van der Waals surface area contributed by atoms with Crippen molar-refractivity contribution in [1.29, 1.82) is 0 Å². The van der Waals surface area contributed by atoms with Gasteiger partial charge in [0.15, 0.2) is 0 Å². The molecule has 0 fully saturated rings.